The summed E-state index contributed by atoms with van der Waals surface area (Å²) in [5, 5.41) is 17.6. The first-order valence-corrected chi connectivity index (χ1v) is 11.1. The molecular weight excluding hydrogens is 505 g/mol. The van der Waals surface area contributed by atoms with Crippen LogP contribution < -0.4 is 10.6 Å². The molecular formula is C19H32IN5O3S. The fourth-order valence-electron chi connectivity index (χ4n) is 2.88. The van der Waals surface area contributed by atoms with Gasteiger partial charge in [-0.3, -0.25) is 15.0 Å². The Kier molecular flexibility index (Phi) is 13.2. The monoisotopic (exact) mass is 537 g/mol. The number of nitrogens with one attached hydrogen (secondary N) is 2. The van der Waals surface area contributed by atoms with Gasteiger partial charge in [-0.2, -0.15) is 11.8 Å². The second-order valence-corrected chi connectivity index (χ2v) is 7.73. The highest BCUT2D eigenvalue weighted by atomic mass is 127. The average molecular weight is 537 g/mol. The van der Waals surface area contributed by atoms with E-state index in [1.54, 1.807) is 12.1 Å². The molecule has 1 fully saturated rings. The number of halogens is 1. The average Bonchev–Trinajstić information content (AvgIpc) is 2.73. The number of thioether (sulfide) groups is 1. The second-order valence-electron chi connectivity index (χ2n) is 6.74. The van der Waals surface area contributed by atoms with Crippen LogP contribution in [0.3, 0.4) is 0 Å². The Balaban J connectivity index is 0.00000420. The van der Waals surface area contributed by atoms with E-state index in [0.717, 1.165) is 63.1 Å². The molecule has 164 valence electrons. The lowest BCUT2D eigenvalue weighted by atomic mass is 10.2. The van der Waals surface area contributed by atoms with Crippen molar-refractivity contribution in [1.29, 1.82) is 0 Å². The molecule has 1 heterocycles. The molecule has 0 radical (unpaired) electrons. The van der Waals surface area contributed by atoms with Gasteiger partial charge in [0.05, 0.1) is 24.7 Å². The van der Waals surface area contributed by atoms with Gasteiger partial charge in [0.25, 0.3) is 5.69 Å². The van der Waals surface area contributed by atoms with Gasteiger partial charge in [-0.25, -0.2) is 4.99 Å². The smallest absolute Gasteiger partial charge is 0.269 e. The fourth-order valence-corrected chi connectivity index (χ4v) is 3.32. The van der Waals surface area contributed by atoms with E-state index in [4.69, 9.17) is 4.74 Å². The number of ether oxygens (including phenoxy) is 1. The molecule has 1 atom stereocenters. The van der Waals surface area contributed by atoms with E-state index < -0.39 is 0 Å². The molecule has 0 spiro atoms. The van der Waals surface area contributed by atoms with Crippen LogP contribution in [-0.4, -0.2) is 73.2 Å². The number of guanidine groups is 1. The zero-order valence-corrected chi connectivity index (χ0v) is 20.3. The van der Waals surface area contributed by atoms with E-state index in [-0.39, 0.29) is 34.6 Å². The van der Waals surface area contributed by atoms with Crippen molar-refractivity contribution in [3.8, 4) is 0 Å². The van der Waals surface area contributed by atoms with Crippen molar-refractivity contribution in [2.45, 2.75) is 25.9 Å². The van der Waals surface area contributed by atoms with Crippen LogP contribution in [0.5, 0.6) is 0 Å². The summed E-state index contributed by atoms with van der Waals surface area (Å²) in [5.74, 6) is 1.88. The normalized spacial score (nSPS) is 16.0. The highest BCUT2D eigenvalue weighted by Crippen LogP contribution is 2.12. The summed E-state index contributed by atoms with van der Waals surface area (Å²) in [6.07, 6.45) is 3.17. The standard InChI is InChI=1S/C19H31N5O3S.HI/c1-16(23-9-11-27-12-10-23)14-21-19(20-8-3-13-28-2)22-15-17-4-6-18(7-5-17)24(25)26;/h4-7,16H,3,8-15H2,1-2H3,(H2,20,21,22);1H. The molecule has 0 aliphatic carbocycles. The van der Waals surface area contributed by atoms with E-state index >= 15 is 0 Å². The van der Waals surface area contributed by atoms with Crippen LogP contribution in [0.4, 0.5) is 5.69 Å². The summed E-state index contributed by atoms with van der Waals surface area (Å²) in [5.41, 5.74) is 1.04. The van der Waals surface area contributed by atoms with Crippen molar-refractivity contribution in [2.75, 3.05) is 51.4 Å². The number of nitro benzene ring substituents is 1. The molecule has 29 heavy (non-hydrogen) atoms. The van der Waals surface area contributed by atoms with Gasteiger partial charge < -0.3 is 15.4 Å². The number of hydrogen-bond donors (Lipinski definition) is 2. The van der Waals surface area contributed by atoms with Gasteiger partial charge in [0.15, 0.2) is 5.96 Å². The molecule has 1 unspecified atom stereocenters. The molecule has 2 N–H and O–H groups in total. The van der Waals surface area contributed by atoms with Gasteiger partial charge in [0.1, 0.15) is 0 Å². The molecule has 1 aromatic carbocycles. The third-order valence-corrected chi connectivity index (χ3v) is 5.32. The van der Waals surface area contributed by atoms with Crippen LogP contribution in [-0.2, 0) is 11.3 Å². The highest BCUT2D eigenvalue weighted by Gasteiger charge is 2.17. The first-order chi connectivity index (χ1) is 13.6. The number of rotatable bonds is 10. The van der Waals surface area contributed by atoms with Crippen molar-refractivity contribution < 1.29 is 9.66 Å². The Hall–Kier alpha value is -1.11. The van der Waals surface area contributed by atoms with Gasteiger partial charge >= 0.3 is 0 Å². The van der Waals surface area contributed by atoms with Crippen LogP contribution in [0.15, 0.2) is 29.3 Å². The van der Waals surface area contributed by atoms with E-state index in [1.807, 2.05) is 11.8 Å². The number of hydrogen-bond acceptors (Lipinski definition) is 6. The van der Waals surface area contributed by atoms with Crippen molar-refractivity contribution >= 4 is 47.4 Å². The third kappa shape index (κ3) is 9.96. The minimum Gasteiger partial charge on any atom is -0.379 e. The molecule has 2 rings (SSSR count). The van der Waals surface area contributed by atoms with Gasteiger partial charge in [0.2, 0.25) is 0 Å². The Bertz CT molecular complexity index is 627. The lowest BCUT2D eigenvalue weighted by Crippen LogP contribution is -2.49. The molecule has 0 amide bonds. The lowest BCUT2D eigenvalue weighted by Gasteiger charge is -2.32. The number of nitrogens with zero attached hydrogens (tertiary/aromatic N) is 3. The van der Waals surface area contributed by atoms with E-state index in [9.17, 15) is 10.1 Å². The maximum absolute atomic E-state index is 10.8. The molecule has 1 saturated heterocycles. The number of morpholine rings is 1. The topological polar surface area (TPSA) is 92.0 Å². The Labute approximate surface area is 194 Å². The van der Waals surface area contributed by atoms with E-state index in [2.05, 4.69) is 33.7 Å². The minimum atomic E-state index is -0.389. The fraction of sp³-hybridized carbons (Fsp3) is 0.632. The Morgan fingerprint density at radius 1 is 1.31 bits per heavy atom. The molecule has 1 aliphatic rings. The largest absolute Gasteiger partial charge is 0.379 e. The van der Waals surface area contributed by atoms with E-state index in [1.165, 1.54) is 12.1 Å². The van der Waals surface area contributed by atoms with Crippen LogP contribution in [0, 0.1) is 10.1 Å². The highest BCUT2D eigenvalue weighted by molar-refractivity contribution is 14.0. The van der Waals surface area contributed by atoms with Crippen LogP contribution in [0.1, 0.15) is 18.9 Å². The molecule has 0 saturated carbocycles. The van der Waals surface area contributed by atoms with Gasteiger partial charge in [-0.05, 0) is 30.9 Å². The number of nitro groups is 1. The second kappa shape index (κ2) is 14.8. The van der Waals surface area contributed by atoms with Crippen LogP contribution >= 0.6 is 35.7 Å². The summed E-state index contributed by atoms with van der Waals surface area (Å²) in [4.78, 5) is 17.5. The maximum atomic E-state index is 10.8. The third-order valence-electron chi connectivity index (χ3n) is 4.62. The summed E-state index contributed by atoms with van der Waals surface area (Å²) in [7, 11) is 0. The summed E-state index contributed by atoms with van der Waals surface area (Å²) < 4.78 is 5.42. The van der Waals surface area contributed by atoms with Crippen molar-refractivity contribution in [2.24, 2.45) is 4.99 Å². The predicted molar refractivity (Wildman–Crippen MR) is 131 cm³/mol. The first kappa shape index (κ1) is 25.9. The number of aliphatic imine (C=N–C) groups is 1. The number of non-ortho nitro benzene ring substituents is 1. The zero-order valence-electron chi connectivity index (χ0n) is 17.1. The van der Waals surface area contributed by atoms with Gasteiger partial charge in [0, 0.05) is 44.4 Å². The van der Waals surface area contributed by atoms with Crippen LogP contribution in [0.2, 0.25) is 0 Å². The first-order valence-electron chi connectivity index (χ1n) is 9.66. The quantitative estimate of drug-likeness (QED) is 0.118. The molecule has 0 aromatic heterocycles. The zero-order chi connectivity index (χ0) is 20.2. The summed E-state index contributed by atoms with van der Waals surface area (Å²) in [6, 6.07) is 6.93. The predicted octanol–water partition coefficient (Wildman–Crippen LogP) is 2.72. The van der Waals surface area contributed by atoms with Gasteiger partial charge in [-0.15, -0.1) is 24.0 Å². The molecule has 8 nitrogen and oxygen atoms in total. The maximum Gasteiger partial charge on any atom is 0.269 e. The van der Waals surface area contributed by atoms with Crippen molar-refractivity contribution in [3.63, 3.8) is 0 Å². The Morgan fingerprint density at radius 3 is 2.62 bits per heavy atom. The van der Waals surface area contributed by atoms with Crippen molar-refractivity contribution in [3.05, 3.63) is 39.9 Å². The van der Waals surface area contributed by atoms with Crippen LogP contribution in [0.25, 0.3) is 0 Å². The molecule has 10 heteroatoms. The van der Waals surface area contributed by atoms with E-state index in [0.29, 0.717) is 12.6 Å². The van der Waals surface area contributed by atoms with Crippen molar-refractivity contribution in [1.82, 2.24) is 15.5 Å². The molecule has 0 bridgehead atoms. The molecule has 1 aromatic rings. The molecule has 1 aliphatic heterocycles. The summed E-state index contributed by atoms with van der Waals surface area (Å²) in [6.45, 7) is 7.84. The SMILES string of the molecule is CSCCCNC(=NCc1ccc([N+](=O)[O-])cc1)NCC(C)N1CCOCC1.I. The summed E-state index contributed by atoms with van der Waals surface area (Å²) >= 11 is 1.83. The lowest BCUT2D eigenvalue weighted by molar-refractivity contribution is -0.384. The van der Waals surface area contributed by atoms with Gasteiger partial charge in [-0.1, -0.05) is 12.1 Å². The minimum absolute atomic E-state index is 0. The number of benzene rings is 1. The Morgan fingerprint density at radius 2 is 2.00 bits per heavy atom.